The molecule has 0 saturated carbocycles. The molecule has 1 aliphatic heterocycles. The quantitative estimate of drug-likeness (QED) is 0.851. The first-order valence-electron chi connectivity index (χ1n) is 7.71. The molecular formula is C17H26N2O3. The topological polar surface area (TPSA) is 64.8 Å². The maximum absolute atomic E-state index is 12.1. The molecule has 122 valence electrons. The predicted molar refractivity (Wildman–Crippen MR) is 87.2 cm³/mol. The Bertz CT molecular complexity index is 529. The largest absolute Gasteiger partial charge is 0.495 e. The van der Waals surface area contributed by atoms with Crippen LogP contribution in [-0.4, -0.2) is 36.8 Å². The van der Waals surface area contributed by atoms with Crippen molar-refractivity contribution in [2.24, 2.45) is 0 Å². The molecule has 0 aliphatic carbocycles. The number of anilines is 1. The van der Waals surface area contributed by atoms with E-state index in [9.17, 15) is 4.79 Å². The zero-order chi connectivity index (χ0) is 16.3. The number of rotatable bonds is 2. The van der Waals surface area contributed by atoms with E-state index in [1.165, 1.54) is 5.56 Å². The molecule has 0 bridgehead atoms. The number of nitrogen functional groups attached to an aromatic ring is 1. The lowest BCUT2D eigenvalue weighted by atomic mass is 9.89. The second kappa shape index (κ2) is 6.46. The van der Waals surface area contributed by atoms with Crippen molar-refractivity contribution < 1.29 is 14.3 Å². The van der Waals surface area contributed by atoms with Gasteiger partial charge in [0.2, 0.25) is 0 Å². The van der Waals surface area contributed by atoms with Crippen molar-refractivity contribution in [3.63, 3.8) is 0 Å². The lowest BCUT2D eigenvalue weighted by Gasteiger charge is -2.33. The van der Waals surface area contributed by atoms with Gasteiger partial charge in [-0.15, -0.1) is 0 Å². The fourth-order valence-electron chi connectivity index (χ4n) is 2.73. The highest BCUT2D eigenvalue weighted by Gasteiger charge is 2.27. The van der Waals surface area contributed by atoms with Crippen molar-refractivity contribution in [3.8, 4) is 5.75 Å². The summed E-state index contributed by atoms with van der Waals surface area (Å²) in [4.78, 5) is 13.8. The highest BCUT2D eigenvalue weighted by molar-refractivity contribution is 5.68. The van der Waals surface area contributed by atoms with Gasteiger partial charge in [0, 0.05) is 13.1 Å². The summed E-state index contributed by atoms with van der Waals surface area (Å²) in [6, 6.07) is 5.94. The molecule has 0 atom stereocenters. The molecule has 5 heteroatoms. The van der Waals surface area contributed by atoms with Gasteiger partial charge in [-0.05, 0) is 57.2 Å². The average molecular weight is 306 g/mol. The first kappa shape index (κ1) is 16.5. The van der Waals surface area contributed by atoms with Crippen LogP contribution in [0.2, 0.25) is 0 Å². The molecule has 0 spiro atoms. The van der Waals surface area contributed by atoms with Crippen molar-refractivity contribution in [2.45, 2.75) is 45.1 Å². The Labute approximate surface area is 132 Å². The molecule has 1 fully saturated rings. The number of carbonyl (C=O) groups is 1. The minimum atomic E-state index is -0.446. The molecule has 1 aromatic rings. The molecule has 5 nitrogen and oxygen atoms in total. The van der Waals surface area contributed by atoms with Gasteiger partial charge in [0.05, 0.1) is 12.8 Å². The molecule has 1 heterocycles. The average Bonchev–Trinajstić information content (AvgIpc) is 2.45. The molecule has 1 aliphatic rings. The van der Waals surface area contributed by atoms with E-state index in [1.807, 2.05) is 32.9 Å². The zero-order valence-corrected chi connectivity index (χ0v) is 13.9. The van der Waals surface area contributed by atoms with Crippen LogP contribution in [0.15, 0.2) is 18.2 Å². The first-order valence-corrected chi connectivity index (χ1v) is 7.71. The molecular weight excluding hydrogens is 280 g/mol. The van der Waals surface area contributed by atoms with Crippen LogP contribution in [0.1, 0.15) is 45.1 Å². The zero-order valence-electron chi connectivity index (χ0n) is 13.9. The van der Waals surface area contributed by atoms with Crippen LogP contribution in [0.5, 0.6) is 5.75 Å². The Kier molecular flexibility index (Phi) is 4.84. The normalized spacial score (nSPS) is 16.5. The molecule has 1 saturated heterocycles. The number of carbonyl (C=O) groups excluding carboxylic acids is 1. The summed E-state index contributed by atoms with van der Waals surface area (Å²) < 4.78 is 10.6. The van der Waals surface area contributed by atoms with Gasteiger partial charge in [-0.2, -0.15) is 0 Å². The SMILES string of the molecule is COc1ccc(C2CCN(C(=O)OC(C)(C)C)CC2)cc1N. The van der Waals surface area contributed by atoms with Crippen LogP contribution in [0.4, 0.5) is 10.5 Å². The molecule has 1 aromatic carbocycles. The van der Waals surface area contributed by atoms with Crippen molar-refractivity contribution in [1.29, 1.82) is 0 Å². The summed E-state index contributed by atoms with van der Waals surface area (Å²) in [5, 5.41) is 0. The van der Waals surface area contributed by atoms with E-state index in [-0.39, 0.29) is 6.09 Å². The van der Waals surface area contributed by atoms with Gasteiger partial charge >= 0.3 is 6.09 Å². The number of likely N-dealkylation sites (tertiary alicyclic amines) is 1. The maximum Gasteiger partial charge on any atom is 0.410 e. The van der Waals surface area contributed by atoms with E-state index in [0.29, 0.717) is 30.4 Å². The second-order valence-corrected chi connectivity index (χ2v) is 6.74. The van der Waals surface area contributed by atoms with Gasteiger partial charge in [-0.1, -0.05) is 6.07 Å². The van der Waals surface area contributed by atoms with Crippen LogP contribution in [-0.2, 0) is 4.74 Å². The Morgan fingerprint density at radius 3 is 2.41 bits per heavy atom. The number of ether oxygens (including phenoxy) is 2. The maximum atomic E-state index is 12.1. The van der Waals surface area contributed by atoms with Crippen LogP contribution in [0.3, 0.4) is 0 Å². The lowest BCUT2D eigenvalue weighted by Crippen LogP contribution is -2.41. The van der Waals surface area contributed by atoms with Crippen molar-refractivity contribution >= 4 is 11.8 Å². The summed E-state index contributed by atoms with van der Waals surface area (Å²) in [6.07, 6.45) is 1.62. The third-order valence-electron chi connectivity index (χ3n) is 3.87. The van der Waals surface area contributed by atoms with Crippen LogP contribution in [0, 0.1) is 0 Å². The standard InChI is InChI=1S/C17H26N2O3/c1-17(2,3)22-16(20)19-9-7-12(8-10-19)13-5-6-15(21-4)14(18)11-13/h5-6,11-12H,7-10,18H2,1-4H3. The highest BCUT2D eigenvalue weighted by Crippen LogP contribution is 2.32. The molecule has 0 unspecified atom stereocenters. The number of amides is 1. The first-order chi connectivity index (χ1) is 10.3. The fraction of sp³-hybridized carbons (Fsp3) is 0.588. The summed E-state index contributed by atoms with van der Waals surface area (Å²) in [5.74, 6) is 1.13. The molecule has 1 amide bonds. The van der Waals surface area contributed by atoms with Crippen molar-refractivity contribution in [3.05, 3.63) is 23.8 Å². The Balaban J connectivity index is 1.94. The van der Waals surface area contributed by atoms with Gasteiger partial charge in [0.15, 0.2) is 0 Å². The summed E-state index contributed by atoms with van der Waals surface area (Å²) in [7, 11) is 1.62. The predicted octanol–water partition coefficient (Wildman–Crippen LogP) is 3.39. The Morgan fingerprint density at radius 1 is 1.27 bits per heavy atom. The Hall–Kier alpha value is -1.91. The molecule has 2 N–H and O–H groups in total. The third-order valence-corrected chi connectivity index (χ3v) is 3.87. The smallest absolute Gasteiger partial charge is 0.410 e. The molecule has 22 heavy (non-hydrogen) atoms. The van der Waals surface area contributed by atoms with Gasteiger partial charge in [0.1, 0.15) is 11.4 Å². The number of nitrogens with two attached hydrogens (primary N) is 1. The Morgan fingerprint density at radius 2 is 1.91 bits per heavy atom. The van der Waals surface area contributed by atoms with E-state index >= 15 is 0 Å². The molecule has 0 radical (unpaired) electrons. The van der Waals surface area contributed by atoms with Gasteiger partial charge in [0.25, 0.3) is 0 Å². The number of piperidine rings is 1. The van der Waals surface area contributed by atoms with Crippen molar-refractivity contribution in [2.75, 3.05) is 25.9 Å². The van der Waals surface area contributed by atoms with Crippen LogP contribution < -0.4 is 10.5 Å². The number of hydrogen-bond donors (Lipinski definition) is 1. The summed E-state index contributed by atoms with van der Waals surface area (Å²) >= 11 is 0. The number of methoxy groups -OCH3 is 1. The summed E-state index contributed by atoms with van der Waals surface area (Å²) in [6.45, 7) is 7.09. The van der Waals surface area contributed by atoms with Crippen LogP contribution in [0.25, 0.3) is 0 Å². The van der Waals surface area contributed by atoms with E-state index in [1.54, 1.807) is 12.0 Å². The van der Waals surface area contributed by atoms with Crippen molar-refractivity contribution in [1.82, 2.24) is 4.90 Å². The van der Waals surface area contributed by atoms with Gasteiger partial charge in [-0.3, -0.25) is 0 Å². The lowest BCUT2D eigenvalue weighted by molar-refractivity contribution is 0.0205. The molecule has 0 aromatic heterocycles. The van der Waals surface area contributed by atoms with E-state index < -0.39 is 5.60 Å². The third kappa shape index (κ3) is 4.06. The minimum Gasteiger partial charge on any atom is -0.495 e. The van der Waals surface area contributed by atoms with Gasteiger partial charge < -0.3 is 20.1 Å². The molecule has 2 rings (SSSR count). The highest BCUT2D eigenvalue weighted by atomic mass is 16.6. The number of hydrogen-bond acceptors (Lipinski definition) is 4. The number of benzene rings is 1. The van der Waals surface area contributed by atoms with E-state index in [0.717, 1.165) is 12.8 Å². The monoisotopic (exact) mass is 306 g/mol. The van der Waals surface area contributed by atoms with Crippen LogP contribution >= 0.6 is 0 Å². The van der Waals surface area contributed by atoms with E-state index in [2.05, 4.69) is 6.07 Å². The van der Waals surface area contributed by atoms with Gasteiger partial charge in [-0.25, -0.2) is 4.79 Å². The number of nitrogens with zero attached hydrogens (tertiary/aromatic N) is 1. The van der Waals surface area contributed by atoms with E-state index in [4.69, 9.17) is 15.2 Å². The summed E-state index contributed by atoms with van der Waals surface area (Å²) in [5.41, 5.74) is 7.40. The second-order valence-electron chi connectivity index (χ2n) is 6.74. The fourth-order valence-corrected chi connectivity index (χ4v) is 2.73. The minimum absolute atomic E-state index is 0.222.